The third-order valence-corrected chi connectivity index (χ3v) is 3.55. The van der Waals surface area contributed by atoms with Crippen LogP contribution in [0.4, 0.5) is 5.82 Å². The van der Waals surface area contributed by atoms with Gasteiger partial charge in [-0.1, -0.05) is 0 Å². The summed E-state index contributed by atoms with van der Waals surface area (Å²) >= 11 is 0. The second-order valence-electron chi connectivity index (χ2n) is 4.77. The molecule has 0 bridgehead atoms. The minimum absolute atomic E-state index is 0.888. The number of hydrogen-bond donors (Lipinski definition) is 1. The Kier molecular flexibility index (Phi) is 3.21. The molecule has 0 radical (unpaired) electrons. The number of aromatic nitrogens is 2. The van der Waals surface area contributed by atoms with Crippen molar-refractivity contribution in [1.82, 2.24) is 15.3 Å². The zero-order valence-corrected chi connectivity index (χ0v) is 11.3. The number of benzene rings is 1. The van der Waals surface area contributed by atoms with Crippen LogP contribution in [-0.2, 0) is 0 Å². The van der Waals surface area contributed by atoms with Gasteiger partial charge in [-0.3, -0.25) is 0 Å². The standard InChI is InChI=1S/C14H18N4O/c1-10-7-12-11(8-13(10)19-2)14(17-9-16-12)18-5-3-15-4-6-18/h7-9,15H,3-6H2,1-2H3. The van der Waals surface area contributed by atoms with Gasteiger partial charge >= 0.3 is 0 Å². The van der Waals surface area contributed by atoms with Crippen LogP contribution in [0.1, 0.15) is 5.56 Å². The van der Waals surface area contributed by atoms with Crippen LogP contribution in [0.15, 0.2) is 18.5 Å². The van der Waals surface area contributed by atoms with E-state index in [1.807, 2.05) is 13.0 Å². The minimum Gasteiger partial charge on any atom is -0.496 e. The second-order valence-corrected chi connectivity index (χ2v) is 4.77. The van der Waals surface area contributed by atoms with E-state index in [4.69, 9.17) is 4.74 Å². The summed E-state index contributed by atoms with van der Waals surface area (Å²) in [4.78, 5) is 11.1. The Morgan fingerprint density at radius 2 is 2.00 bits per heavy atom. The number of nitrogens with one attached hydrogen (secondary N) is 1. The molecular formula is C14H18N4O. The number of piperazine rings is 1. The molecule has 0 saturated carbocycles. The van der Waals surface area contributed by atoms with Crippen molar-refractivity contribution in [2.45, 2.75) is 6.92 Å². The van der Waals surface area contributed by atoms with Gasteiger partial charge in [-0.15, -0.1) is 0 Å². The predicted octanol–water partition coefficient (Wildman–Crippen LogP) is 1.36. The van der Waals surface area contributed by atoms with E-state index in [-0.39, 0.29) is 0 Å². The van der Waals surface area contributed by atoms with Crippen LogP contribution in [-0.4, -0.2) is 43.3 Å². The molecule has 1 aromatic carbocycles. The lowest BCUT2D eigenvalue weighted by Crippen LogP contribution is -2.44. The lowest BCUT2D eigenvalue weighted by Gasteiger charge is -2.29. The van der Waals surface area contributed by atoms with E-state index in [9.17, 15) is 0 Å². The third kappa shape index (κ3) is 2.21. The smallest absolute Gasteiger partial charge is 0.140 e. The lowest BCUT2D eigenvalue weighted by atomic mass is 10.1. The molecule has 0 aliphatic carbocycles. The summed E-state index contributed by atoms with van der Waals surface area (Å²) in [6, 6.07) is 4.10. The molecule has 0 spiro atoms. The summed E-state index contributed by atoms with van der Waals surface area (Å²) in [5, 5.41) is 4.42. The van der Waals surface area contributed by atoms with Gasteiger partial charge in [0, 0.05) is 31.6 Å². The predicted molar refractivity (Wildman–Crippen MR) is 75.9 cm³/mol. The Morgan fingerprint density at radius 3 is 2.74 bits per heavy atom. The van der Waals surface area contributed by atoms with Gasteiger partial charge in [0.25, 0.3) is 0 Å². The van der Waals surface area contributed by atoms with E-state index in [1.54, 1.807) is 13.4 Å². The van der Waals surface area contributed by atoms with Gasteiger partial charge in [0.05, 0.1) is 12.6 Å². The Hall–Kier alpha value is -1.88. The quantitative estimate of drug-likeness (QED) is 0.881. The molecule has 0 amide bonds. The molecule has 5 nitrogen and oxygen atoms in total. The molecule has 19 heavy (non-hydrogen) atoms. The van der Waals surface area contributed by atoms with Crippen LogP contribution in [0.5, 0.6) is 5.75 Å². The minimum atomic E-state index is 0.888. The van der Waals surface area contributed by atoms with Gasteiger partial charge in [-0.2, -0.15) is 0 Å². The molecule has 1 aromatic heterocycles. The normalized spacial score (nSPS) is 15.8. The van der Waals surface area contributed by atoms with Gasteiger partial charge in [-0.05, 0) is 24.6 Å². The van der Waals surface area contributed by atoms with E-state index in [0.717, 1.165) is 54.2 Å². The van der Waals surface area contributed by atoms with Crippen molar-refractivity contribution in [3.63, 3.8) is 0 Å². The van der Waals surface area contributed by atoms with Crippen LogP contribution in [0.3, 0.4) is 0 Å². The van der Waals surface area contributed by atoms with Gasteiger partial charge < -0.3 is 15.0 Å². The fourth-order valence-corrected chi connectivity index (χ4v) is 2.52. The Morgan fingerprint density at radius 1 is 1.21 bits per heavy atom. The number of hydrogen-bond acceptors (Lipinski definition) is 5. The Labute approximate surface area is 112 Å². The molecule has 2 aromatic rings. The molecule has 1 saturated heterocycles. The number of ether oxygens (including phenoxy) is 1. The highest BCUT2D eigenvalue weighted by Crippen LogP contribution is 2.29. The molecule has 100 valence electrons. The van der Waals surface area contributed by atoms with Crippen molar-refractivity contribution < 1.29 is 4.74 Å². The zero-order chi connectivity index (χ0) is 13.2. The van der Waals surface area contributed by atoms with Gasteiger partial charge in [0.1, 0.15) is 17.9 Å². The Bertz CT molecular complexity index is 593. The zero-order valence-electron chi connectivity index (χ0n) is 11.3. The Balaban J connectivity index is 2.13. The number of aryl methyl sites for hydroxylation is 1. The molecule has 2 heterocycles. The monoisotopic (exact) mass is 258 g/mol. The number of rotatable bonds is 2. The fraction of sp³-hybridized carbons (Fsp3) is 0.429. The van der Waals surface area contributed by atoms with Crippen molar-refractivity contribution in [2.24, 2.45) is 0 Å². The van der Waals surface area contributed by atoms with E-state index in [0.29, 0.717) is 0 Å². The molecule has 3 rings (SSSR count). The lowest BCUT2D eigenvalue weighted by molar-refractivity contribution is 0.412. The van der Waals surface area contributed by atoms with Crippen LogP contribution in [0.2, 0.25) is 0 Å². The summed E-state index contributed by atoms with van der Waals surface area (Å²) in [6.45, 7) is 5.97. The van der Waals surface area contributed by atoms with Crippen molar-refractivity contribution >= 4 is 16.7 Å². The van der Waals surface area contributed by atoms with Crippen LogP contribution in [0, 0.1) is 6.92 Å². The van der Waals surface area contributed by atoms with E-state index < -0.39 is 0 Å². The number of methoxy groups -OCH3 is 1. The van der Waals surface area contributed by atoms with Crippen molar-refractivity contribution in [1.29, 1.82) is 0 Å². The van der Waals surface area contributed by atoms with Gasteiger partial charge in [0.2, 0.25) is 0 Å². The topological polar surface area (TPSA) is 50.3 Å². The summed E-state index contributed by atoms with van der Waals surface area (Å²) in [7, 11) is 1.70. The summed E-state index contributed by atoms with van der Waals surface area (Å²) < 4.78 is 5.41. The maximum atomic E-state index is 5.41. The van der Waals surface area contributed by atoms with E-state index in [2.05, 4.69) is 26.3 Å². The number of anilines is 1. The highest BCUT2D eigenvalue weighted by molar-refractivity contribution is 5.91. The fourth-order valence-electron chi connectivity index (χ4n) is 2.52. The maximum absolute atomic E-state index is 5.41. The first-order valence-electron chi connectivity index (χ1n) is 6.54. The molecule has 1 fully saturated rings. The van der Waals surface area contributed by atoms with Crippen molar-refractivity contribution in [3.8, 4) is 5.75 Å². The average molecular weight is 258 g/mol. The molecular weight excluding hydrogens is 240 g/mol. The molecule has 1 N–H and O–H groups in total. The second kappa shape index (κ2) is 5.01. The highest BCUT2D eigenvalue weighted by atomic mass is 16.5. The molecule has 1 aliphatic rings. The first kappa shape index (κ1) is 12.2. The van der Waals surface area contributed by atoms with Crippen molar-refractivity contribution in [3.05, 3.63) is 24.0 Å². The number of nitrogens with zero attached hydrogens (tertiary/aromatic N) is 3. The molecule has 5 heteroatoms. The number of fused-ring (bicyclic) bond motifs is 1. The first-order valence-corrected chi connectivity index (χ1v) is 6.54. The van der Waals surface area contributed by atoms with Crippen LogP contribution < -0.4 is 15.0 Å². The maximum Gasteiger partial charge on any atom is 0.140 e. The molecule has 0 unspecified atom stereocenters. The molecule has 1 aliphatic heterocycles. The third-order valence-electron chi connectivity index (χ3n) is 3.55. The SMILES string of the molecule is COc1cc2c(N3CCNCC3)ncnc2cc1C. The van der Waals surface area contributed by atoms with Crippen LogP contribution >= 0.6 is 0 Å². The van der Waals surface area contributed by atoms with E-state index in [1.165, 1.54) is 0 Å². The van der Waals surface area contributed by atoms with Crippen LogP contribution in [0.25, 0.3) is 10.9 Å². The largest absolute Gasteiger partial charge is 0.496 e. The van der Waals surface area contributed by atoms with E-state index >= 15 is 0 Å². The average Bonchev–Trinajstić information content (AvgIpc) is 2.46. The summed E-state index contributed by atoms with van der Waals surface area (Å²) in [6.07, 6.45) is 1.64. The van der Waals surface area contributed by atoms with Crippen molar-refractivity contribution in [2.75, 3.05) is 38.2 Å². The van der Waals surface area contributed by atoms with Gasteiger partial charge in [0.15, 0.2) is 0 Å². The molecule has 0 atom stereocenters. The summed E-state index contributed by atoms with van der Waals surface area (Å²) in [5.74, 6) is 1.89. The highest BCUT2D eigenvalue weighted by Gasteiger charge is 2.16. The first-order chi connectivity index (χ1) is 9.29. The summed E-state index contributed by atoms with van der Waals surface area (Å²) in [5.41, 5.74) is 2.07. The van der Waals surface area contributed by atoms with Gasteiger partial charge in [-0.25, -0.2) is 9.97 Å².